The molecule has 2 nitrogen and oxygen atoms in total. The van der Waals surface area contributed by atoms with Gasteiger partial charge in [0, 0.05) is 16.8 Å². The van der Waals surface area contributed by atoms with Gasteiger partial charge >= 0.3 is 0 Å². The maximum absolute atomic E-state index is 8.70. The maximum Gasteiger partial charge on any atom is 0.0991 e. The van der Waals surface area contributed by atoms with E-state index in [-0.39, 0.29) is 0 Å². The minimum Gasteiger partial charge on any atom is -0.261 e. The van der Waals surface area contributed by atoms with Gasteiger partial charge in [-0.05, 0) is 25.1 Å². The Morgan fingerprint density at radius 1 is 1.64 bits per heavy atom. The summed E-state index contributed by atoms with van der Waals surface area (Å²) in [5, 5.41) is 9.09. The van der Waals surface area contributed by atoms with Gasteiger partial charge in [-0.2, -0.15) is 5.26 Å². The molecule has 3 heteroatoms. The molecule has 0 radical (unpaired) electrons. The van der Waals surface area contributed by atoms with Gasteiger partial charge in [0.2, 0.25) is 0 Å². The van der Waals surface area contributed by atoms with Crippen LogP contribution in [0.15, 0.2) is 29.8 Å². The number of aliphatic imine (C=N–C) groups is 1. The van der Waals surface area contributed by atoms with E-state index in [1.807, 2.05) is 13.0 Å². The van der Waals surface area contributed by atoms with Crippen LogP contribution in [0.1, 0.15) is 18.1 Å². The van der Waals surface area contributed by atoms with Crippen LogP contribution in [0.5, 0.6) is 0 Å². The van der Waals surface area contributed by atoms with Gasteiger partial charge < -0.3 is 0 Å². The van der Waals surface area contributed by atoms with Crippen molar-refractivity contribution in [2.75, 3.05) is 0 Å². The molecule has 14 heavy (non-hydrogen) atoms. The van der Waals surface area contributed by atoms with E-state index in [4.69, 9.17) is 16.9 Å². The summed E-state index contributed by atoms with van der Waals surface area (Å²) in [5.74, 6) is 0. The Morgan fingerprint density at radius 3 is 2.86 bits per heavy atom. The molecule has 0 spiro atoms. The highest BCUT2D eigenvalue weighted by molar-refractivity contribution is 6.48. The number of halogens is 1. The summed E-state index contributed by atoms with van der Waals surface area (Å²) in [5.41, 5.74) is 1.98. The summed E-state index contributed by atoms with van der Waals surface area (Å²) in [6.45, 7) is 5.44. The number of nitrogens with zero attached hydrogens (tertiary/aromatic N) is 2. The monoisotopic (exact) mass is 204 g/mol. The Labute approximate surface area is 88.2 Å². The molecular weight excluding hydrogens is 196 g/mol. The Balaban J connectivity index is 3.32. The summed E-state index contributed by atoms with van der Waals surface area (Å²) in [6.07, 6.45) is 1.67. The lowest BCUT2D eigenvalue weighted by molar-refractivity contribution is 1.45. The summed E-state index contributed by atoms with van der Waals surface area (Å²) >= 11 is 5.80. The predicted molar refractivity (Wildman–Crippen MR) is 59.9 cm³/mol. The minimum absolute atomic E-state index is 0.391. The van der Waals surface area contributed by atoms with Crippen molar-refractivity contribution >= 4 is 28.5 Å². The van der Waals surface area contributed by atoms with Crippen LogP contribution in [-0.2, 0) is 0 Å². The fraction of sp³-hybridized carbons (Fsp3) is 0.0909. The van der Waals surface area contributed by atoms with Crippen LogP contribution < -0.4 is 0 Å². The molecule has 0 aliphatic heterocycles. The van der Waals surface area contributed by atoms with Crippen LogP contribution in [-0.4, -0.2) is 6.21 Å². The Morgan fingerprint density at radius 2 is 2.36 bits per heavy atom. The molecule has 0 heterocycles. The third kappa shape index (κ3) is 2.21. The van der Waals surface area contributed by atoms with Crippen LogP contribution in [0.3, 0.4) is 0 Å². The first kappa shape index (κ1) is 10.5. The molecule has 0 bridgehead atoms. The molecule has 0 fully saturated rings. The molecule has 0 N–H and O–H groups in total. The van der Waals surface area contributed by atoms with Gasteiger partial charge in [0.15, 0.2) is 0 Å². The first-order chi connectivity index (χ1) is 6.69. The number of nitriles is 1. The standard InChI is InChI=1S/C11H9ClN2/c1-3-14-11-5-4-9(7-13)6-10(11)8(2)12/h3-6H,2H2,1H3. The number of hydrogen-bond donors (Lipinski definition) is 0. The van der Waals surface area contributed by atoms with Gasteiger partial charge in [0.1, 0.15) is 0 Å². The highest BCUT2D eigenvalue weighted by Gasteiger charge is 2.04. The van der Waals surface area contributed by atoms with Crippen molar-refractivity contribution in [1.29, 1.82) is 5.26 Å². The number of hydrogen-bond acceptors (Lipinski definition) is 2. The first-order valence-corrected chi connectivity index (χ1v) is 4.44. The zero-order valence-electron chi connectivity index (χ0n) is 7.79. The molecule has 0 saturated carbocycles. The van der Waals surface area contributed by atoms with Gasteiger partial charge in [0.25, 0.3) is 0 Å². The lowest BCUT2D eigenvalue weighted by atomic mass is 10.1. The molecule has 1 aromatic rings. The molecule has 0 aromatic heterocycles. The van der Waals surface area contributed by atoms with Crippen molar-refractivity contribution < 1.29 is 0 Å². The fourth-order valence-corrected chi connectivity index (χ4v) is 1.23. The SMILES string of the molecule is C=C(Cl)c1cc(C#N)ccc1N=CC. The molecule has 0 amide bonds. The van der Waals surface area contributed by atoms with E-state index >= 15 is 0 Å². The molecule has 0 atom stereocenters. The normalized spacial score (nSPS) is 10.1. The average molecular weight is 205 g/mol. The van der Waals surface area contributed by atoms with Crippen molar-refractivity contribution in [2.45, 2.75) is 6.92 Å². The van der Waals surface area contributed by atoms with E-state index in [1.54, 1.807) is 24.4 Å². The zero-order chi connectivity index (χ0) is 10.6. The molecule has 1 aromatic carbocycles. The van der Waals surface area contributed by atoms with Crippen molar-refractivity contribution in [3.05, 3.63) is 35.9 Å². The molecule has 0 aliphatic rings. The van der Waals surface area contributed by atoms with Crippen LogP contribution >= 0.6 is 11.6 Å². The van der Waals surface area contributed by atoms with Crippen LogP contribution in [0.2, 0.25) is 0 Å². The second kappa shape index (κ2) is 4.59. The van der Waals surface area contributed by atoms with Gasteiger partial charge in [-0.15, -0.1) is 0 Å². The van der Waals surface area contributed by atoms with Crippen molar-refractivity contribution in [1.82, 2.24) is 0 Å². The molecular formula is C11H9ClN2. The fourth-order valence-electron chi connectivity index (χ4n) is 1.07. The van der Waals surface area contributed by atoms with E-state index in [9.17, 15) is 0 Å². The van der Waals surface area contributed by atoms with Crippen LogP contribution in [0.4, 0.5) is 5.69 Å². The number of rotatable bonds is 2. The smallest absolute Gasteiger partial charge is 0.0991 e. The number of benzene rings is 1. The van der Waals surface area contributed by atoms with E-state index < -0.39 is 0 Å². The van der Waals surface area contributed by atoms with Crippen LogP contribution in [0.25, 0.3) is 5.03 Å². The Bertz CT molecular complexity index is 427. The van der Waals surface area contributed by atoms with Crippen LogP contribution in [0, 0.1) is 11.3 Å². The van der Waals surface area contributed by atoms with E-state index in [0.717, 1.165) is 5.69 Å². The van der Waals surface area contributed by atoms with Gasteiger partial charge in [0.05, 0.1) is 17.3 Å². The lowest BCUT2D eigenvalue weighted by Crippen LogP contribution is -1.81. The molecule has 0 unspecified atom stereocenters. The second-order valence-electron chi connectivity index (χ2n) is 2.64. The maximum atomic E-state index is 8.70. The molecule has 0 saturated heterocycles. The third-order valence-electron chi connectivity index (χ3n) is 1.69. The zero-order valence-corrected chi connectivity index (χ0v) is 8.54. The highest BCUT2D eigenvalue weighted by atomic mass is 35.5. The van der Waals surface area contributed by atoms with E-state index in [0.29, 0.717) is 16.2 Å². The second-order valence-corrected chi connectivity index (χ2v) is 3.09. The summed E-state index contributed by atoms with van der Waals surface area (Å²) in [4.78, 5) is 4.12. The average Bonchev–Trinajstić information content (AvgIpc) is 2.18. The van der Waals surface area contributed by atoms with Crippen molar-refractivity contribution in [3.8, 4) is 6.07 Å². The largest absolute Gasteiger partial charge is 0.261 e. The summed E-state index contributed by atoms with van der Waals surface area (Å²) in [7, 11) is 0. The summed E-state index contributed by atoms with van der Waals surface area (Å²) in [6, 6.07) is 7.17. The lowest BCUT2D eigenvalue weighted by Gasteiger charge is -2.03. The Hall–Kier alpha value is -1.59. The minimum atomic E-state index is 0.391. The van der Waals surface area contributed by atoms with E-state index in [1.165, 1.54) is 0 Å². The molecule has 0 aliphatic carbocycles. The predicted octanol–water partition coefficient (Wildman–Crippen LogP) is 3.49. The topological polar surface area (TPSA) is 36.1 Å². The Kier molecular flexibility index (Phi) is 3.44. The van der Waals surface area contributed by atoms with Gasteiger partial charge in [-0.3, -0.25) is 4.99 Å². The van der Waals surface area contributed by atoms with Crippen molar-refractivity contribution in [3.63, 3.8) is 0 Å². The van der Waals surface area contributed by atoms with Crippen molar-refractivity contribution in [2.24, 2.45) is 4.99 Å². The van der Waals surface area contributed by atoms with Gasteiger partial charge in [-0.1, -0.05) is 18.2 Å². The molecule has 70 valence electrons. The highest BCUT2D eigenvalue weighted by Crippen LogP contribution is 2.28. The quantitative estimate of drug-likeness (QED) is 0.680. The van der Waals surface area contributed by atoms with E-state index in [2.05, 4.69) is 11.6 Å². The molecule has 1 rings (SSSR count). The van der Waals surface area contributed by atoms with Gasteiger partial charge in [-0.25, -0.2) is 0 Å². The first-order valence-electron chi connectivity index (χ1n) is 4.06. The third-order valence-corrected chi connectivity index (χ3v) is 1.89. The summed E-state index contributed by atoms with van der Waals surface area (Å²) < 4.78 is 0.